The molecule has 20 heavy (non-hydrogen) atoms. The van der Waals surface area contributed by atoms with E-state index in [9.17, 15) is 0 Å². The molecule has 0 spiro atoms. The highest BCUT2D eigenvalue weighted by Gasteiger charge is 2.03. The lowest BCUT2D eigenvalue weighted by molar-refractivity contribution is 0.784. The molecule has 2 aromatic heterocycles. The van der Waals surface area contributed by atoms with E-state index in [-0.39, 0.29) is 0 Å². The first-order valence-electron chi connectivity index (χ1n) is 6.53. The molecule has 0 aromatic carbocycles. The molecule has 2 rings (SSSR count). The fraction of sp³-hybridized carbons (Fsp3) is 0.462. The third-order valence-corrected chi connectivity index (χ3v) is 3.77. The van der Waals surface area contributed by atoms with Crippen molar-refractivity contribution >= 4 is 17.3 Å². The van der Waals surface area contributed by atoms with Crippen LogP contribution in [0.4, 0.5) is 0 Å². The fourth-order valence-corrected chi connectivity index (χ4v) is 2.43. The molecule has 0 bridgehead atoms. The summed E-state index contributed by atoms with van der Waals surface area (Å²) in [5, 5.41) is 16.7. The molecular weight excluding hydrogens is 272 g/mol. The number of H-pyrrole nitrogens is 1. The monoisotopic (exact) mass is 292 g/mol. The van der Waals surface area contributed by atoms with Gasteiger partial charge in [-0.15, -0.1) is 11.3 Å². The zero-order chi connectivity index (χ0) is 14.4. The number of nitrogens with one attached hydrogen (secondary N) is 3. The molecular formula is C13H20N6S. The van der Waals surface area contributed by atoms with Crippen LogP contribution >= 0.6 is 11.3 Å². The van der Waals surface area contributed by atoms with E-state index in [1.807, 2.05) is 20.0 Å². The third-order valence-electron chi connectivity index (χ3n) is 2.94. The second-order valence-corrected chi connectivity index (χ2v) is 5.54. The van der Waals surface area contributed by atoms with Gasteiger partial charge in [-0.25, -0.2) is 4.98 Å². The molecule has 0 amide bonds. The summed E-state index contributed by atoms with van der Waals surface area (Å²) in [6.07, 6.45) is 2.73. The Labute approximate surface area is 122 Å². The van der Waals surface area contributed by atoms with Crippen molar-refractivity contribution in [3.63, 3.8) is 0 Å². The van der Waals surface area contributed by atoms with Crippen LogP contribution in [0.2, 0.25) is 0 Å². The van der Waals surface area contributed by atoms with Gasteiger partial charge in [-0.1, -0.05) is 0 Å². The van der Waals surface area contributed by atoms with E-state index in [1.54, 1.807) is 18.4 Å². The Morgan fingerprint density at radius 1 is 1.40 bits per heavy atom. The molecule has 0 saturated heterocycles. The maximum absolute atomic E-state index is 4.44. The van der Waals surface area contributed by atoms with Gasteiger partial charge in [0.2, 0.25) is 0 Å². The molecule has 0 atom stereocenters. The molecule has 0 unspecified atom stereocenters. The molecule has 0 aliphatic rings. The second-order valence-electron chi connectivity index (χ2n) is 4.48. The van der Waals surface area contributed by atoms with Gasteiger partial charge in [0, 0.05) is 43.2 Å². The van der Waals surface area contributed by atoms with E-state index in [0.717, 1.165) is 40.9 Å². The van der Waals surface area contributed by atoms with Gasteiger partial charge in [-0.05, 0) is 13.8 Å². The SMILES string of the molecule is CN=C(NCCc1csc(C)n1)NCc1cn[nH]c1C. The topological polar surface area (TPSA) is 78.0 Å². The predicted octanol–water partition coefficient (Wildman–Crippen LogP) is 1.39. The lowest BCUT2D eigenvalue weighted by Crippen LogP contribution is -2.37. The van der Waals surface area contributed by atoms with E-state index in [0.29, 0.717) is 6.54 Å². The van der Waals surface area contributed by atoms with Crippen LogP contribution in [0.3, 0.4) is 0 Å². The van der Waals surface area contributed by atoms with Crippen molar-refractivity contribution < 1.29 is 0 Å². The smallest absolute Gasteiger partial charge is 0.191 e. The highest BCUT2D eigenvalue weighted by molar-refractivity contribution is 7.09. The van der Waals surface area contributed by atoms with E-state index >= 15 is 0 Å². The predicted molar refractivity (Wildman–Crippen MR) is 82.1 cm³/mol. The molecule has 0 aliphatic heterocycles. The highest BCUT2D eigenvalue weighted by atomic mass is 32.1. The summed E-state index contributed by atoms with van der Waals surface area (Å²) in [7, 11) is 1.77. The van der Waals surface area contributed by atoms with Crippen LogP contribution in [-0.2, 0) is 13.0 Å². The number of guanidine groups is 1. The Balaban J connectivity index is 1.74. The van der Waals surface area contributed by atoms with Crippen molar-refractivity contribution in [3.8, 4) is 0 Å². The largest absolute Gasteiger partial charge is 0.356 e. The molecule has 2 aromatic rings. The summed E-state index contributed by atoms with van der Waals surface area (Å²) in [4.78, 5) is 8.64. The molecule has 0 fully saturated rings. The molecule has 3 N–H and O–H groups in total. The van der Waals surface area contributed by atoms with Crippen LogP contribution in [0.25, 0.3) is 0 Å². The lowest BCUT2D eigenvalue weighted by atomic mass is 10.3. The van der Waals surface area contributed by atoms with Crippen LogP contribution in [0.5, 0.6) is 0 Å². The number of aliphatic imine (C=N–C) groups is 1. The first-order chi connectivity index (χ1) is 9.69. The van der Waals surface area contributed by atoms with Crippen molar-refractivity contribution in [1.82, 2.24) is 25.8 Å². The van der Waals surface area contributed by atoms with Gasteiger partial charge < -0.3 is 10.6 Å². The maximum atomic E-state index is 4.44. The number of rotatable bonds is 5. The van der Waals surface area contributed by atoms with E-state index in [1.165, 1.54) is 0 Å². The van der Waals surface area contributed by atoms with Gasteiger partial charge >= 0.3 is 0 Å². The van der Waals surface area contributed by atoms with Crippen molar-refractivity contribution in [2.75, 3.05) is 13.6 Å². The van der Waals surface area contributed by atoms with Gasteiger partial charge in [0.05, 0.1) is 16.9 Å². The molecule has 6 nitrogen and oxygen atoms in total. The minimum absolute atomic E-state index is 0.706. The quantitative estimate of drug-likeness (QED) is 0.575. The average Bonchev–Trinajstić information content (AvgIpc) is 3.03. The van der Waals surface area contributed by atoms with Gasteiger partial charge in [0.15, 0.2) is 5.96 Å². The molecule has 108 valence electrons. The van der Waals surface area contributed by atoms with Crippen molar-refractivity contribution in [2.45, 2.75) is 26.8 Å². The van der Waals surface area contributed by atoms with Gasteiger partial charge in [-0.2, -0.15) is 5.10 Å². The molecule has 7 heteroatoms. The second kappa shape index (κ2) is 7.04. The minimum atomic E-state index is 0.706. The zero-order valence-corrected chi connectivity index (χ0v) is 12.8. The number of aromatic amines is 1. The molecule has 0 aliphatic carbocycles. The summed E-state index contributed by atoms with van der Waals surface area (Å²) in [5.74, 6) is 0.789. The number of nitrogens with zero attached hydrogens (tertiary/aromatic N) is 3. The number of thiazole rings is 1. The zero-order valence-electron chi connectivity index (χ0n) is 12.0. The van der Waals surface area contributed by atoms with Crippen molar-refractivity contribution in [2.24, 2.45) is 4.99 Å². The number of aryl methyl sites for hydroxylation is 2. The van der Waals surface area contributed by atoms with Crippen LogP contribution in [0.15, 0.2) is 16.6 Å². The van der Waals surface area contributed by atoms with Gasteiger partial charge in [-0.3, -0.25) is 10.1 Å². The Hall–Kier alpha value is -1.89. The summed E-state index contributed by atoms with van der Waals surface area (Å²) in [6.45, 7) is 5.55. The number of hydrogen-bond acceptors (Lipinski definition) is 4. The van der Waals surface area contributed by atoms with Crippen LogP contribution in [0, 0.1) is 13.8 Å². The van der Waals surface area contributed by atoms with Crippen molar-refractivity contribution in [1.29, 1.82) is 0 Å². The van der Waals surface area contributed by atoms with Crippen LogP contribution in [0.1, 0.15) is 22.0 Å². The van der Waals surface area contributed by atoms with Gasteiger partial charge in [0.25, 0.3) is 0 Å². The van der Waals surface area contributed by atoms with E-state index < -0.39 is 0 Å². The highest BCUT2D eigenvalue weighted by Crippen LogP contribution is 2.07. The van der Waals surface area contributed by atoms with Crippen LogP contribution in [-0.4, -0.2) is 34.7 Å². The van der Waals surface area contributed by atoms with Crippen molar-refractivity contribution in [3.05, 3.63) is 33.5 Å². The Kier molecular flexibility index (Phi) is 5.11. The fourth-order valence-electron chi connectivity index (χ4n) is 1.79. The standard InChI is InChI=1S/C13H20N6S/c1-9-11(7-17-19-9)6-16-13(14-3)15-5-4-12-8-20-10(2)18-12/h7-8H,4-6H2,1-3H3,(H,17,19)(H2,14,15,16). The molecule has 2 heterocycles. The van der Waals surface area contributed by atoms with Crippen LogP contribution < -0.4 is 10.6 Å². The average molecular weight is 292 g/mol. The lowest BCUT2D eigenvalue weighted by Gasteiger charge is -2.10. The summed E-state index contributed by atoms with van der Waals surface area (Å²) in [6, 6.07) is 0. The summed E-state index contributed by atoms with van der Waals surface area (Å²) >= 11 is 1.68. The minimum Gasteiger partial charge on any atom is -0.356 e. The molecule has 0 radical (unpaired) electrons. The number of hydrogen-bond donors (Lipinski definition) is 3. The summed E-state index contributed by atoms with van der Waals surface area (Å²) in [5.41, 5.74) is 3.34. The third kappa shape index (κ3) is 4.06. The first-order valence-corrected chi connectivity index (χ1v) is 7.41. The number of aromatic nitrogens is 3. The summed E-state index contributed by atoms with van der Waals surface area (Å²) < 4.78 is 0. The van der Waals surface area contributed by atoms with Gasteiger partial charge in [0.1, 0.15) is 0 Å². The Morgan fingerprint density at radius 2 is 2.25 bits per heavy atom. The first kappa shape index (κ1) is 14.5. The van der Waals surface area contributed by atoms with E-state index in [4.69, 9.17) is 0 Å². The normalized spacial score (nSPS) is 11.7. The molecule has 0 saturated carbocycles. The Bertz CT molecular complexity index is 571. The maximum Gasteiger partial charge on any atom is 0.191 e. The van der Waals surface area contributed by atoms with E-state index in [2.05, 4.69) is 36.2 Å². The Morgan fingerprint density at radius 3 is 2.85 bits per heavy atom.